The molecule has 4 aromatic rings. The second kappa shape index (κ2) is 8.54. The van der Waals surface area contributed by atoms with Gasteiger partial charge >= 0.3 is 0 Å². The van der Waals surface area contributed by atoms with Crippen LogP contribution in [0.3, 0.4) is 0 Å². The lowest BCUT2D eigenvalue weighted by atomic mass is 9.89. The highest BCUT2D eigenvalue weighted by Crippen LogP contribution is 2.31. The molecule has 152 valence electrons. The van der Waals surface area contributed by atoms with E-state index in [0.29, 0.717) is 6.42 Å². The van der Waals surface area contributed by atoms with Gasteiger partial charge in [0.25, 0.3) is 0 Å². The van der Waals surface area contributed by atoms with Gasteiger partial charge in [0.1, 0.15) is 5.65 Å². The van der Waals surface area contributed by atoms with E-state index in [9.17, 15) is 4.79 Å². The molecule has 0 saturated heterocycles. The third kappa shape index (κ3) is 4.13. The number of fused-ring (bicyclic) bond motifs is 1. The van der Waals surface area contributed by atoms with E-state index in [0.717, 1.165) is 22.5 Å². The molecule has 2 aromatic heterocycles. The van der Waals surface area contributed by atoms with Crippen molar-refractivity contribution >= 4 is 11.6 Å². The molecule has 1 N–H and O–H groups in total. The second-order valence-corrected chi connectivity index (χ2v) is 7.93. The van der Waals surface area contributed by atoms with E-state index in [2.05, 4.69) is 52.8 Å². The number of nitrogens with zero attached hydrogens (tertiary/aromatic N) is 2. The number of hydrogen-bond acceptors (Lipinski definition) is 2. The lowest BCUT2D eigenvalue weighted by Gasteiger charge is -2.21. The minimum atomic E-state index is -0.0770. The van der Waals surface area contributed by atoms with Gasteiger partial charge in [0.2, 0.25) is 5.91 Å². The quantitative estimate of drug-likeness (QED) is 0.477. The first kappa shape index (κ1) is 19.9. The van der Waals surface area contributed by atoms with Crippen LogP contribution in [0.2, 0.25) is 0 Å². The van der Waals surface area contributed by atoms with Gasteiger partial charge < -0.3 is 9.72 Å². The number of nitrogens with one attached hydrogen (secondary N) is 1. The van der Waals surface area contributed by atoms with Crippen molar-refractivity contribution in [2.45, 2.75) is 39.2 Å². The van der Waals surface area contributed by atoms with Crippen molar-refractivity contribution in [1.29, 1.82) is 0 Å². The number of carbonyl (C=O) groups is 1. The number of amides is 1. The molecule has 4 nitrogen and oxygen atoms in total. The number of benzene rings is 2. The third-order valence-electron chi connectivity index (χ3n) is 5.68. The largest absolute Gasteiger partial charge is 0.350 e. The van der Waals surface area contributed by atoms with Crippen molar-refractivity contribution in [3.8, 4) is 0 Å². The van der Waals surface area contributed by atoms with Crippen LogP contribution in [-0.2, 0) is 4.79 Å². The average molecular weight is 398 g/mol. The molecule has 0 bridgehead atoms. The van der Waals surface area contributed by atoms with Gasteiger partial charge in [-0.3, -0.25) is 4.79 Å². The van der Waals surface area contributed by atoms with Crippen LogP contribution >= 0.6 is 0 Å². The summed E-state index contributed by atoms with van der Waals surface area (Å²) in [5.41, 5.74) is 6.53. The maximum atomic E-state index is 13.1. The van der Waals surface area contributed by atoms with Gasteiger partial charge in [-0.1, -0.05) is 54.6 Å². The van der Waals surface area contributed by atoms with Crippen molar-refractivity contribution in [3.05, 3.63) is 107 Å². The molecule has 0 aliphatic carbocycles. The van der Waals surface area contributed by atoms with E-state index >= 15 is 0 Å². The Morgan fingerprint density at radius 3 is 2.53 bits per heavy atom. The molecular formula is C26H27N3O. The van der Waals surface area contributed by atoms with E-state index in [1.165, 1.54) is 11.1 Å². The topological polar surface area (TPSA) is 46.4 Å². The van der Waals surface area contributed by atoms with Gasteiger partial charge in [-0.15, -0.1) is 0 Å². The predicted molar refractivity (Wildman–Crippen MR) is 121 cm³/mol. The number of carbonyl (C=O) groups excluding carboxylic acids is 1. The van der Waals surface area contributed by atoms with Gasteiger partial charge in [0.15, 0.2) is 0 Å². The fraction of sp³-hybridized carbons (Fsp3) is 0.231. The fourth-order valence-electron chi connectivity index (χ4n) is 4.02. The van der Waals surface area contributed by atoms with Crippen molar-refractivity contribution in [3.63, 3.8) is 0 Å². The van der Waals surface area contributed by atoms with Crippen LogP contribution in [0.25, 0.3) is 5.65 Å². The molecule has 4 rings (SSSR count). The molecule has 0 aliphatic rings. The van der Waals surface area contributed by atoms with Crippen LogP contribution in [-0.4, -0.2) is 15.3 Å². The van der Waals surface area contributed by atoms with Gasteiger partial charge in [-0.05, 0) is 55.2 Å². The number of hydrogen-bond donors (Lipinski definition) is 1. The summed E-state index contributed by atoms with van der Waals surface area (Å²) in [5.74, 6) is -0.0476. The number of aryl methyl sites for hydroxylation is 2. The van der Waals surface area contributed by atoms with E-state index in [-0.39, 0.29) is 17.9 Å². The fourth-order valence-corrected chi connectivity index (χ4v) is 4.02. The maximum Gasteiger partial charge on any atom is 0.221 e. The van der Waals surface area contributed by atoms with Crippen LogP contribution in [0.5, 0.6) is 0 Å². The third-order valence-corrected chi connectivity index (χ3v) is 5.68. The van der Waals surface area contributed by atoms with Crippen molar-refractivity contribution < 1.29 is 4.79 Å². The van der Waals surface area contributed by atoms with E-state index in [1.54, 1.807) is 0 Å². The Bertz CT molecular complexity index is 1160. The molecule has 2 unspecified atom stereocenters. The summed E-state index contributed by atoms with van der Waals surface area (Å²) < 4.78 is 2.10. The molecule has 0 fully saturated rings. The van der Waals surface area contributed by atoms with E-state index in [1.807, 2.05) is 61.8 Å². The molecule has 4 heteroatoms. The lowest BCUT2D eigenvalue weighted by molar-refractivity contribution is -0.122. The Morgan fingerprint density at radius 1 is 1.03 bits per heavy atom. The molecule has 1 amide bonds. The maximum absolute atomic E-state index is 13.1. The second-order valence-electron chi connectivity index (χ2n) is 7.93. The molecule has 2 heterocycles. The first-order chi connectivity index (χ1) is 14.5. The zero-order chi connectivity index (χ0) is 21.1. The van der Waals surface area contributed by atoms with Crippen LogP contribution < -0.4 is 5.32 Å². The van der Waals surface area contributed by atoms with E-state index < -0.39 is 0 Å². The first-order valence-electron chi connectivity index (χ1n) is 10.4. The zero-order valence-corrected chi connectivity index (χ0v) is 17.7. The molecule has 2 aromatic carbocycles. The lowest BCUT2D eigenvalue weighted by Crippen LogP contribution is -2.28. The van der Waals surface area contributed by atoms with Crippen molar-refractivity contribution in [2.75, 3.05) is 0 Å². The summed E-state index contributed by atoms with van der Waals surface area (Å²) in [4.78, 5) is 17.7. The predicted octanol–water partition coefficient (Wildman–Crippen LogP) is 5.35. The van der Waals surface area contributed by atoms with Crippen LogP contribution in [0.1, 0.15) is 53.3 Å². The molecule has 2 atom stereocenters. The first-order valence-corrected chi connectivity index (χ1v) is 10.4. The summed E-state index contributed by atoms with van der Waals surface area (Å²) in [7, 11) is 0. The van der Waals surface area contributed by atoms with Crippen molar-refractivity contribution in [1.82, 2.24) is 14.7 Å². The number of rotatable bonds is 6. The summed E-state index contributed by atoms with van der Waals surface area (Å²) in [6, 6.07) is 22.4. The Hall–Kier alpha value is -3.40. The van der Waals surface area contributed by atoms with Gasteiger partial charge in [0, 0.05) is 24.7 Å². The molecule has 0 aliphatic heterocycles. The molecular weight excluding hydrogens is 370 g/mol. The Kier molecular flexibility index (Phi) is 5.66. The zero-order valence-electron chi connectivity index (χ0n) is 17.7. The van der Waals surface area contributed by atoms with Crippen LogP contribution in [0.4, 0.5) is 0 Å². The number of pyridine rings is 1. The summed E-state index contributed by atoms with van der Waals surface area (Å²) >= 11 is 0. The Labute approximate surface area is 177 Å². The highest BCUT2D eigenvalue weighted by molar-refractivity contribution is 5.78. The standard InChI is InChI=1S/C26H27N3O/c1-18-13-14-29-24(17-27-25(29)15-18)23(22-12-8-7-9-19(22)2)16-26(30)28-20(3)21-10-5-4-6-11-21/h4-15,17,20,23H,16H2,1-3H3,(H,28,30). The normalized spacial score (nSPS) is 13.2. The number of imidazole rings is 1. The molecule has 0 radical (unpaired) electrons. The van der Waals surface area contributed by atoms with Gasteiger partial charge in [-0.2, -0.15) is 0 Å². The smallest absolute Gasteiger partial charge is 0.221 e. The summed E-state index contributed by atoms with van der Waals surface area (Å²) in [6.07, 6.45) is 4.31. The van der Waals surface area contributed by atoms with Gasteiger partial charge in [-0.25, -0.2) is 4.98 Å². The SMILES string of the molecule is Cc1ccn2c(C(CC(=O)NC(C)c3ccccc3)c3ccccc3C)cnc2c1. The molecule has 0 saturated carbocycles. The number of aromatic nitrogens is 2. The highest BCUT2D eigenvalue weighted by atomic mass is 16.1. The molecule has 30 heavy (non-hydrogen) atoms. The Balaban J connectivity index is 1.66. The van der Waals surface area contributed by atoms with E-state index in [4.69, 9.17) is 0 Å². The Morgan fingerprint density at radius 2 is 1.77 bits per heavy atom. The van der Waals surface area contributed by atoms with Crippen LogP contribution in [0, 0.1) is 13.8 Å². The van der Waals surface area contributed by atoms with Gasteiger partial charge in [0.05, 0.1) is 11.7 Å². The summed E-state index contributed by atoms with van der Waals surface area (Å²) in [5, 5.41) is 3.17. The highest BCUT2D eigenvalue weighted by Gasteiger charge is 2.24. The monoisotopic (exact) mass is 397 g/mol. The van der Waals surface area contributed by atoms with Crippen molar-refractivity contribution in [2.24, 2.45) is 0 Å². The average Bonchev–Trinajstić information content (AvgIpc) is 3.16. The molecule has 0 spiro atoms. The minimum Gasteiger partial charge on any atom is -0.350 e. The van der Waals surface area contributed by atoms with Crippen LogP contribution in [0.15, 0.2) is 79.1 Å². The summed E-state index contributed by atoms with van der Waals surface area (Å²) in [6.45, 7) is 6.18. The minimum absolute atomic E-state index is 0.0293.